The maximum Gasteiger partial charge on any atom is 0.331 e. The lowest BCUT2D eigenvalue weighted by atomic mass is 10.1. The number of benzene rings is 2. The van der Waals surface area contributed by atoms with Gasteiger partial charge in [-0.15, -0.1) is 0 Å². The molecule has 1 aromatic heterocycles. The van der Waals surface area contributed by atoms with Gasteiger partial charge in [0.2, 0.25) is 5.82 Å². The number of ether oxygens (including phenoxy) is 4. The molecule has 30 heavy (non-hydrogen) atoms. The molecule has 2 aromatic carbocycles. The number of carbonyl (C=O) groups excluding carboxylic acids is 1. The Hall–Kier alpha value is -3.81. The van der Waals surface area contributed by atoms with Crippen molar-refractivity contribution in [2.75, 3.05) is 21.3 Å². The number of methoxy groups -OCH3 is 3. The molecule has 0 atom stereocenters. The summed E-state index contributed by atoms with van der Waals surface area (Å²) in [4.78, 5) is 16.4. The molecule has 0 aliphatic heterocycles. The van der Waals surface area contributed by atoms with Crippen LogP contribution in [0.4, 0.5) is 0 Å². The predicted octanol–water partition coefficient (Wildman–Crippen LogP) is 3.83. The van der Waals surface area contributed by atoms with E-state index in [0.717, 1.165) is 11.1 Å². The van der Waals surface area contributed by atoms with E-state index in [1.165, 1.54) is 27.4 Å². The Kier molecular flexibility index (Phi) is 6.69. The molecule has 0 N–H and O–H groups in total. The van der Waals surface area contributed by atoms with E-state index < -0.39 is 5.97 Å². The molecule has 0 aliphatic carbocycles. The average Bonchev–Trinajstić information content (AvgIpc) is 3.24. The summed E-state index contributed by atoms with van der Waals surface area (Å²) in [7, 11) is 4.59. The van der Waals surface area contributed by atoms with Gasteiger partial charge in [-0.05, 0) is 24.6 Å². The van der Waals surface area contributed by atoms with Crippen LogP contribution in [-0.4, -0.2) is 37.4 Å². The first-order valence-electron chi connectivity index (χ1n) is 9.09. The SMILES string of the molecule is COc1cc(OC)c(OC)cc1/C=C/C(=O)OCc1nc(-c2ccccc2C)no1. The smallest absolute Gasteiger partial charge is 0.331 e. The largest absolute Gasteiger partial charge is 0.496 e. The number of carbonyl (C=O) groups is 1. The highest BCUT2D eigenvalue weighted by molar-refractivity contribution is 5.87. The number of esters is 1. The summed E-state index contributed by atoms with van der Waals surface area (Å²) < 4.78 is 26.2. The van der Waals surface area contributed by atoms with E-state index >= 15 is 0 Å². The van der Waals surface area contributed by atoms with Crippen molar-refractivity contribution in [1.29, 1.82) is 0 Å². The molecule has 3 rings (SSSR count). The van der Waals surface area contributed by atoms with Crippen LogP contribution in [0.2, 0.25) is 0 Å². The standard InChI is InChI=1S/C22H22N2O6/c1-14-7-5-6-8-16(14)22-23-20(30-24-22)13-29-21(25)10-9-15-11-18(27-3)19(28-4)12-17(15)26-2/h5-12H,13H2,1-4H3/b10-9+. The summed E-state index contributed by atoms with van der Waals surface area (Å²) in [5, 5.41) is 3.94. The van der Waals surface area contributed by atoms with E-state index in [9.17, 15) is 4.79 Å². The fourth-order valence-electron chi connectivity index (χ4n) is 2.77. The monoisotopic (exact) mass is 410 g/mol. The van der Waals surface area contributed by atoms with E-state index in [2.05, 4.69) is 10.1 Å². The van der Waals surface area contributed by atoms with E-state index in [1.807, 2.05) is 31.2 Å². The Morgan fingerprint density at radius 2 is 1.73 bits per heavy atom. The van der Waals surface area contributed by atoms with Gasteiger partial charge >= 0.3 is 5.97 Å². The zero-order chi connectivity index (χ0) is 21.5. The molecule has 0 spiro atoms. The molecule has 0 saturated carbocycles. The number of aromatic nitrogens is 2. The molecule has 1 heterocycles. The van der Waals surface area contributed by atoms with Crippen LogP contribution < -0.4 is 14.2 Å². The van der Waals surface area contributed by atoms with Gasteiger partial charge in [0.1, 0.15) is 5.75 Å². The molecular weight excluding hydrogens is 388 g/mol. The maximum absolute atomic E-state index is 12.1. The molecule has 8 nitrogen and oxygen atoms in total. The van der Waals surface area contributed by atoms with Crippen molar-refractivity contribution >= 4 is 12.0 Å². The van der Waals surface area contributed by atoms with Gasteiger partial charge in [0, 0.05) is 23.3 Å². The van der Waals surface area contributed by atoms with E-state index in [0.29, 0.717) is 28.6 Å². The number of rotatable bonds is 8. The number of aryl methyl sites for hydroxylation is 1. The molecule has 0 unspecified atom stereocenters. The Morgan fingerprint density at radius 1 is 1.03 bits per heavy atom. The summed E-state index contributed by atoms with van der Waals surface area (Å²) in [6.45, 7) is 1.82. The van der Waals surface area contributed by atoms with Crippen molar-refractivity contribution in [3.63, 3.8) is 0 Å². The van der Waals surface area contributed by atoms with Crippen molar-refractivity contribution in [2.45, 2.75) is 13.5 Å². The molecule has 0 radical (unpaired) electrons. The lowest BCUT2D eigenvalue weighted by Crippen LogP contribution is -2.01. The maximum atomic E-state index is 12.1. The van der Waals surface area contributed by atoms with Crippen molar-refractivity contribution in [3.8, 4) is 28.6 Å². The summed E-state index contributed by atoms with van der Waals surface area (Å²) in [6, 6.07) is 11.1. The highest BCUT2D eigenvalue weighted by Crippen LogP contribution is 2.35. The Morgan fingerprint density at radius 3 is 2.43 bits per heavy atom. The third-order valence-electron chi connectivity index (χ3n) is 4.33. The Balaban J connectivity index is 1.65. The zero-order valence-electron chi connectivity index (χ0n) is 17.2. The molecule has 0 aliphatic rings. The van der Waals surface area contributed by atoms with E-state index in [1.54, 1.807) is 18.2 Å². The van der Waals surface area contributed by atoms with Crippen molar-refractivity contribution in [3.05, 3.63) is 59.5 Å². The molecule has 0 saturated heterocycles. The van der Waals surface area contributed by atoms with Crippen molar-refractivity contribution in [2.24, 2.45) is 0 Å². The molecular formula is C22H22N2O6. The third-order valence-corrected chi connectivity index (χ3v) is 4.33. The summed E-state index contributed by atoms with van der Waals surface area (Å²) >= 11 is 0. The zero-order valence-corrected chi connectivity index (χ0v) is 17.2. The number of hydrogen-bond acceptors (Lipinski definition) is 8. The number of nitrogens with zero attached hydrogens (tertiary/aromatic N) is 2. The quantitative estimate of drug-likeness (QED) is 0.409. The van der Waals surface area contributed by atoms with Crippen molar-refractivity contribution < 1.29 is 28.3 Å². The second kappa shape index (κ2) is 9.60. The third kappa shape index (κ3) is 4.78. The lowest BCUT2D eigenvalue weighted by molar-refractivity contribution is -0.139. The lowest BCUT2D eigenvalue weighted by Gasteiger charge is -2.12. The van der Waals surface area contributed by atoms with E-state index in [-0.39, 0.29) is 12.5 Å². The van der Waals surface area contributed by atoms with E-state index in [4.69, 9.17) is 23.5 Å². The molecule has 3 aromatic rings. The molecule has 0 fully saturated rings. The highest BCUT2D eigenvalue weighted by atomic mass is 16.6. The summed E-state index contributed by atoms with van der Waals surface area (Å²) in [5.74, 6) is 1.65. The summed E-state index contributed by atoms with van der Waals surface area (Å²) in [5.41, 5.74) is 2.51. The fraction of sp³-hybridized carbons (Fsp3) is 0.227. The minimum atomic E-state index is -0.567. The van der Waals surface area contributed by atoms with Crippen LogP contribution >= 0.6 is 0 Å². The van der Waals surface area contributed by atoms with Crippen molar-refractivity contribution in [1.82, 2.24) is 10.1 Å². The first-order valence-corrected chi connectivity index (χ1v) is 9.09. The van der Waals surface area contributed by atoms with Gasteiger partial charge in [-0.2, -0.15) is 4.98 Å². The second-order valence-electron chi connectivity index (χ2n) is 6.22. The Labute approximate surface area is 174 Å². The summed E-state index contributed by atoms with van der Waals surface area (Å²) in [6.07, 6.45) is 2.85. The first kappa shape index (κ1) is 20.9. The van der Waals surface area contributed by atoms with Gasteiger partial charge < -0.3 is 23.5 Å². The van der Waals surface area contributed by atoms with Gasteiger partial charge in [0.25, 0.3) is 5.89 Å². The minimum Gasteiger partial charge on any atom is -0.496 e. The van der Waals surface area contributed by atoms with Crippen LogP contribution in [-0.2, 0) is 16.1 Å². The Bertz CT molecular complexity index is 1060. The second-order valence-corrected chi connectivity index (χ2v) is 6.22. The van der Waals surface area contributed by atoms with Crippen LogP contribution in [0.3, 0.4) is 0 Å². The van der Waals surface area contributed by atoms with Gasteiger partial charge in [-0.3, -0.25) is 0 Å². The molecule has 8 heteroatoms. The van der Waals surface area contributed by atoms with Gasteiger partial charge in [-0.1, -0.05) is 29.4 Å². The number of hydrogen-bond donors (Lipinski definition) is 0. The van der Waals surface area contributed by atoms with Gasteiger partial charge in [-0.25, -0.2) is 4.79 Å². The first-order chi connectivity index (χ1) is 14.5. The normalized spacial score (nSPS) is 10.8. The van der Waals surface area contributed by atoms with Gasteiger partial charge in [0.15, 0.2) is 18.1 Å². The highest BCUT2D eigenvalue weighted by Gasteiger charge is 2.13. The minimum absolute atomic E-state index is 0.134. The van der Waals surface area contributed by atoms with Crippen LogP contribution in [0.5, 0.6) is 17.2 Å². The molecule has 0 bridgehead atoms. The van der Waals surface area contributed by atoms with Crippen LogP contribution in [0.25, 0.3) is 17.5 Å². The van der Waals surface area contributed by atoms with Gasteiger partial charge in [0.05, 0.1) is 21.3 Å². The van der Waals surface area contributed by atoms with Crippen LogP contribution in [0, 0.1) is 6.92 Å². The molecule has 0 amide bonds. The molecule has 156 valence electrons. The fourth-order valence-corrected chi connectivity index (χ4v) is 2.77. The van der Waals surface area contributed by atoms with Crippen LogP contribution in [0.15, 0.2) is 47.0 Å². The predicted molar refractivity (Wildman–Crippen MR) is 109 cm³/mol. The topological polar surface area (TPSA) is 92.9 Å². The van der Waals surface area contributed by atoms with Crippen LogP contribution in [0.1, 0.15) is 17.0 Å². The average molecular weight is 410 g/mol.